The van der Waals surface area contributed by atoms with Gasteiger partial charge in [0.1, 0.15) is 24.0 Å². The van der Waals surface area contributed by atoms with Gasteiger partial charge in [0.25, 0.3) is 5.91 Å². The first-order chi connectivity index (χ1) is 33.2. The number of amides is 2. The molecular weight excluding hydrogens is 941 g/mol. The van der Waals surface area contributed by atoms with Crippen molar-refractivity contribution >= 4 is 44.8 Å². The molecule has 1 aliphatic carbocycles. The minimum Gasteiger partial charge on any atom is -0.489 e. The Bertz CT molecular complexity index is 2690. The average molecular weight is 1000 g/mol. The molecule has 2 aliphatic heterocycles. The molecule has 2 amide bonds. The maximum absolute atomic E-state index is 13.5. The van der Waals surface area contributed by atoms with Crippen molar-refractivity contribution in [1.82, 2.24) is 19.8 Å². The van der Waals surface area contributed by atoms with Crippen LogP contribution < -0.4 is 25.2 Å². The number of carbonyl (C=O) groups is 2. The van der Waals surface area contributed by atoms with E-state index < -0.39 is 21.8 Å². The lowest BCUT2D eigenvalue weighted by molar-refractivity contribution is -0.164. The highest BCUT2D eigenvalue weighted by molar-refractivity contribution is 7.89. The lowest BCUT2D eigenvalue weighted by atomic mass is 9.49. The second-order valence-corrected chi connectivity index (χ2v) is 21.8. The predicted octanol–water partition coefficient (Wildman–Crippen LogP) is 8.61. The largest absolute Gasteiger partial charge is 0.489 e. The molecule has 4 aromatic rings. The third kappa shape index (κ3) is 11.8. The topological polar surface area (TPSA) is 162 Å². The maximum atomic E-state index is 13.5. The molecule has 0 spiro atoms. The smallest absolute Gasteiger partial charge is 0.416 e. The maximum Gasteiger partial charge on any atom is 0.416 e. The van der Waals surface area contributed by atoms with Crippen LogP contribution in [-0.4, -0.2) is 100 Å². The number of halogens is 4. The molecule has 372 valence electrons. The molecule has 0 unspecified atom stereocenters. The number of piperazine rings is 2. The van der Waals surface area contributed by atoms with Crippen molar-refractivity contribution in [2.75, 3.05) is 68.7 Å². The van der Waals surface area contributed by atoms with Crippen molar-refractivity contribution in [2.45, 2.75) is 89.6 Å². The van der Waals surface area contributed by atoms with Gasteiger partial charge in [0, 0.05) is 99.5 Å². The lowest BCUT2D eigenvalue weighted by Crippen LogP contribution is -2.74. The summed E-state index contributed by atoms with van der Waals surface area (Å²) in [6.45, 7) is 13.6. The zero-order valence-electron chi connectivity index (χ0n) is 40.0. The lowest BCUT2D eigenvalue weighted by Gasteiger charge is -2.63. The Kier molecular flexibility index (Phi) is 16.1. The van der Waals surface area contributed by atoms with Crippen LogP contribution >= 0.6 is 11.6 Å². The standard InChI is InChI=1S/C52H60ClF3N8O5S/c1-50(2)48(51(3,4)49(50)69-42-19-15-38(33-57)44(53)32-42)60-47(66)37-13-17-41(18-14-37)62-25-23-61(24-26-62)22-8-6-5-7-9-46(65)59-35-36-10-20-43(21-11-36)70(67,68)64-29-27-63(28-30-64)45-31-40(52(54,55)56)16-12-39(45)34-58/h10-21,31-32,48-49H,5-9,22-30,35H2,1-4H3,(H,59,65)(H,60,66). The Morgan fingerprint density at radius 3 is 2.00 bits per heavy atom. The zero-order valence-corrected chi connectivity index (χ0v) is 41.6. The van der Waals surface area contributed by atoms with Gasteiger partial charge >= 0.3 is 6.18 Å². The van der Waals surface area contributed by atoms with E-state index in [0.29, 0.717) is 28.3 Å². The van der Waals surface area contributed by atoms with E-state index in [9.17, 15) is 41.7 Å². The Labute approximate surface area is 414 Å². The summed E-state index contributed by atoms with van der Waals surface area (Å²) in [6.07, 6.45) is -0.601. The number of nitrogens with zero attached hydrogens (tertiary/aromatic N) is 6. The highest BCUT2D eigenvalue weighted by Crippen LogP contribution is 2.55. The van der Waals surface area contributed by atoms with Gasteiger partial charge in [0.15, 0.2) is 0 Å². The van der Waals surface area contributed by atoms with Crippen LogP contribution in [0.25, 0.3) is 0 Å². The molecule has 3 fully saturated rings. The third-order valence-electron chi connectivity index (χ3n) is 14.0. The molecule has 13 nitrogen and oxygen atoms in total. The number of hydrogen-bond acceptors (Lipinski definition) is 10. The quantitative estimate of drug-likeness (QED) is 0.0981. The Balaban J connectivity index is 0.755. The van der Waals surface area contributed by atoms with E-state index >= 15 is 0 Å². The minimum absolute atomic E-state index is 0.0412. The number of nitrogens with one attached hydrogen (secondary N) is 2. The number of unbranched alkanes of at least 4 members (excludes halogenated alkanes) is 3. The molecule has 0 bridgehead atoms. The van der Waals surface area contributed by atoms with E-state index in [4.69, 9.17) is 16.3 Å². The monoisotopic (exact) mass is 1000 g/mol. The normalized spacial score (nSPS) is 19.3. The molecule has 18 heteroatoms. The van der Waals surface area contributed by atoms with Crippen LogP contribution in [0.1, 0.15) is 92.4 Å². The van der Waals surface area contributed by atoms with Gasteiger partial charge in [-0.2, -0.15) is 28.0 Å². The molecule has 4 aromatic carbocycles. The Morgan fingerprint density at radius 1 is 0.771 bits per heavy atom. The number of ether oxygens (including phenoxy) is 1. The number of carbonyl (C=O) groups excluding carboxylic acids is 2. The SMILES string of the molecule is CC1(C)C(NC(=O)c2ccc(N3CCN(CCCCCCC(=O)NCc4ccc(S(=O)(=O)N5CCN(c6cc(C(F)(F)F)ccc6C#N)CC5)cc4)CC3)cc2)C(C)(C)C1Oc1ccc(C#N)c(Cl)c1. The van der Waals surface area contributed by atoms with Gasteiger partial charge in [0.05, 0.1) is 32.3 Å². The first-order valence-electron chi connectivity index (χ1n) is 23.7. The number of anilines is 2. The second-order valence-electron chi connectivity index (χ2n) is 19.5. The van der Waals surface area contributed by atoms with Crippen molar-refractivity contribution in [2.24, 2.45) is 10.8 Å². The molecule has 2 N–H and O–H groups in total. The average Bonchev–Trinajstić information content (AvgIpc) is 3.35. The minimum atomic E-state index is -4.57. The van der Waals surface area contributed by atoms with E-state index in [2.05, 4.69) is 54.2 Å². The molecule has 70 heavy (non-hydrogen) atoms. The fraction of sp³-hybridized carbons (Fsp3) is 0.462. The van der Waals surface area contributed by atoms with Crippen molar-refractivity contribution < 1.29 is 35.9 Å². The summed E-state index contributed by atoms with van der Waals surface area (Å²) >= 11 is 6.25. The molecular formula is C52H60ClF3N8O5S. The van der Waals surface area contributed by atoms with Crippen molar-refractivity contribution in [3.63, 3.8) is 0 Å². The number of alkyl halides is 3. The number of nitriles is 2. The van der Waals surface area contributed by atoms with Crippen LogP contribution in [0.2, 0.25) is 5.02 Å². The van der Waals surface area contributed by atoms with Crippen LogP contribution in [0, 0.1) is 33.5 Å². The summed E-state index contributed by atoms with van der Waals surface area (Å²) in [7, 11) is -3.88. The van der Waals surface area contributed by atoms with E-state index in [1.54, 1.807) is 35.2 Å². The van der Waals surface area contributed by atoms with Crippen LogP contribution in [0.15, 0.2) is 89.8 Å². The van der Waals surface area contributed by atoms with E-state index in [-0.39, 0.29) is 83.7 Å². The van der Waals surface area contributed by atoms with Crippen LogP contribution in [0.3, 0.4) is 0 Å². The second kappa shape index (κ2) is 21.6. The summed E-state index contributed by atoms with van der Waals surface area (Å²) in [6, 6.07) is 25.9. The molecule has 0 radical (unpaired) electrons. The first kappa shape index (κ1) is 52.0. The van der Waals surface area contributed by atoms with Crippen molar-refractivity contribution in [3.05, 3.63) is 118 Å². The number of hydrogen-bond donors (Lipinski definition) is 2. The summed E-state index contributed by atoms with van der Waals surface area (Å²) < 4.78 is 74.5. The fourth-order valence-corrected chi connectivity index (χ4v) is 11.9. The van der Waals surface area contributed by atoms with Crippen molar-refractivity contribution in [1.29, 1.82) is 10.5 Å². The number of rotatable bonds is 17. The summed E-state index contributed by atoms with van der Waals surface area (Å²) in [4.78, 5) is 32.6. The Hall–Kier alpha value is -5.85. The molecule has 0 aromatic heterocycles. The van der Waals surface area contributed by atoms with Gasteiger partial charge < -0.3 is 25.2 Å². The fourth-order valence-electron chi connectivity index (χ4n) is 10.3. The zero-order chi connectivity index (χ0) is 50.4. The van der Waals surface area contributed by atoms with Crippen LogP contribution in [0.5, 0.6) is 5.75 Å². The van der Waals surface area contributed by atoms with Crippen LogP contribution in [0.4, 0.5) is 24.5 Å². The molecule has 1 saturated carbocycles. The molecule has 3 aliphatic rings. The summed E-state index contributed by atoms with van der Waals surface area (Å²) in [5.74, 6) is 0.387. The summed E-state index contributed by atoms with van der Waals surface area (Å²) in [5, 5.41) is 25.2. The Morgan fingerprint density at radius 2 is 1.39 bits per heavy atom. The highest BCUT2D eigenvalue weighted by Gasteiger charge is 2.64. The molecule has 7 rings (SSSR count). The van der Waals surface area contributed by atoms with E-state index in [1.807, 2.05) is 30.3 Å². The van der Waals surface area contributed by atoms with E-state index in [1.165, 1.54) is 16.4 Å². The van der Waals surface area contributed by atoms with Gasteiger partial charge in [-0.15, -0.1) is 0 Å². The predicted molar refractivity (Wildman–Crippen MR) is 263 cm³/mol. The first-order valence-corrected chi connectivity index (χ1v) is 25.5. The van der Waals surface area contributed by atoms with Crippen molar-refractivity contribution in [3.8, 4) is 17.9 Å². The summed E-state index contributed by atoms with van der Waals surface area (Å²) in [5.41, 5.74) is 1.44. The van der Waals surface area contributed by atoms with E-state index in [0.717, 1.165) is 87.9 Å². The molecule has 2 heterocycles. The van der Waals surface area contributed by atoms with Gasteiger partial charge in [-0.3, -0.25) is 14.5 Å². The van der Waals surface area contributed by atoms with Gasteiger partial charge in [-0.05, 0) is 91.7 Å². The van der Waals surface area contributed by atoms with Gasteiger partial charge in [-0.1, -0.05) is 64.3 Å². The number of sulfonamides is 1. The molecule has 0 atom stereocenters. The van der Waals surface area contributed by atoms with Gasteiger partial charge in [-0.25, -0.2) is 8.42 Å². The highest BCUT2D eigenvalue weighted by atomic mass is 35.5. The number of benzene rings is 4. The molecule has 2 saturated heterocycles. The van der Waals surface area contributed by atoms with Crippen LogP contribution in [-0.2, 0) is 27.5 Å². The van der Waals surface area contributed by atoms with Gasteiger partial charge in [0.2, 0.25) is 15.9 Å². The third-order valence-corrected chi connectivity index (χ3v) is 16.2.